The maximum Gasteiger partial charge on any atom is 0.417 e. The number of hydrogen-bond acceptors (Lipinski definition) is 6. The van der Waals surface area contributed by atoms with Crippen LogP contribution in [0.1, 0.15) is 25.3 Å². The number of carbonyl (C=O) groups excluding carboxylic acids is 3. The van der Waals surface area contributed by atoms with E-state index >= 15 is 0 Å². The Balaban J connectivity index is 1.95. The molecule has 14 heteroatoms. The predicted octanol–water partition coefficient (Wildman–Crippen LogP) is 2.15. The highest BCUT2D eigenvalue weighted by atomic mass is 35.5. The van der Waals surface area contributed by atoms with Gasteiger partial charge in [0.15, 0.2) is 6.61 Å². The lowest BCUT2D eigenvalue weighted by Crippen LogP contribution is -2.43. The number of urea groups is 1. The number of amides is 3. The quantitative estimate of drug-likeness (QED) is 0.578. The van der Waals surface area contributed by atoms with E-state index in [0.29, 0.717) is 12.6 Å². The van der Waals surface area contributed by atoms with Gasteiger partial charge in [-0.2, -0.15) is 17.5 Å². The number of rotatable bonds is 6. The molecule has 1 heterocycles. The third-order valence-corrected chi connectivity index (χ3v) is 6.83. The van der Waals surface area contributed by atoms with E-state index in [2.05, 4.69) is 5.32 Å². The van der Waals surface area contributed by atoms with E-state index in [1.54, 1.807) is 6.92 Å². The fourth-order valence-electron chi connectivity index (χ4n) is 2.98. The molecule has 0 radical (unpaired) electrons. The summed E-state index contributed by atoms with van der Waals surface area (Å²) in [6.45, 7) is 1.01. The minimum atomic E-state index is -4.82. The molecular weight excluding hydrogens is 479 g/mol. The van der Waals surface area contributed by atoms with Crippen LogP contribution in [-0.2, 0) is 30.5 Å². The van der Waals surface area contributed by atoms with Crippen LogP contribution in [0.2, 0.25) is 5.02 Å². The molecule has 1 fully saturated rings. The van der Waals surface area contributed by atoms with Crippen LogP contribution < -0.4 is 10.6 Å². The van der Waals surface area contributed by atoms with Gasteiger partial charge < -0.3 is 10.1 Å². The van der Waals surface area contributed by atoms with Gasteiger partial charge in [-0.25, -0.2) is 13.2 Å². The van der Waals surface area contributed by atoms with Crippen LogP contribution in [0.5, 0.6) is 0 Å². The molecule has 0 atom stereocenters. The molecule has 1 aromatic rings. The highest BCUT2D eigenvalue weighted by Crippen LogP contribution is 2.36. The molecule has 0 aliphatic carbocycles. The van der Waals surface area contributed by atoms with Gasteiger partial charge in [0.25, 0.3) is 5.91 Å². The number of carbonyl (C=O) groups is 3. The normalized spacial score (nSPS) is 15.8. The van der Waals surface area contributed by atoms with Crippen LogP contribution in [0.25, 0.3) is 0 Å². The van der Waals surface area contributed by atoms with Crippen molar-refractivity contribution in [3.8, 4) is 0 Å². The number of halogens is 4. The van der Waals surface area contributed by atoms with Gasteiger partial charge in [0.1, 0.15) is 0 Å². The van der Waals surface area contributed by atoms with Gasteiger partial charge in [0, 0.05) is 19.6 Å². The van der Waals surface area contributed by atoms with E-state index in [-0.39, 0.29) is 25.9 Å². The smallest absolute Gasteiger partial charge is 0.417 e. The van der Waals surface area contributed by atoms with E-state index in [0.717, 1.165) is 16.4 Å². The van der Waals surface area contributed by atoms with Crippen molar-refractivity contribution in [1.29, 1.82) is 0 Å². The number of nitrogens with one attached hydrogen (secondary N) is 2. The number of esters is 1. The number of nitrogens with zero attached hydrogens (tertiary/aromatic N) is 1. The van der Waals surface area contributed by atoms with Crippen molar-refractivity contribution in [2.45, 2.75) is 30.8 Å². The standard InChI is InChI=1S/C18H21ClF3N3O6S/c1-2-23-17(28)24-15(26)10-31-16(27)11-5-7-25(8-6-11)32(29,30)12-3-4-14(19)13(9-12)18(20,21)22/h3-4,9,11H,2,5-8,10H2,1H3,(H2,23,24,26,28). The fraction of sp³-hybridized carbons (Fsp3) is 0.500. The Bertz CT molecular complexity index is 979. The molecule has 1 aliphatic rings. The summed E-state index contributed by atoms with van der Waals surface area (Å²) < 4.78 is 70.4. The second kappa shape index (κ2) is 10.5. The Kier molecular flexibility index (Phi) is 8.48. The van der Waals surface area contributed by atoms with Gasteiger partial charge >= 0.3 is 18.2 Å². The highest BCUT2D eigenvalue weighted by molar-refractivity contribution is 7.89. The van der Waals surface area contributed by atoms with E-state index in [4.69, 9.17) is 16.3 Å². The van der Waals surface area contributed by atoms with Gasteiger partial charge in [-0.15, -0.1) is 0 Å². The second-order valence-electron chi connectivity index (χ2n) is 6.83. The van der Waals surface area contributed by atoms with E-state index in [9.17, 15) is 36.0 Å². The Morgan fingerprint density at radius 1 is 1.22 bits per heavy atom. The van der Waals surface area contributed by atoms with Crippen LogP contribution in [-0.4, -0.2) is 56.9 Å². The average Bonchev–Trinajstić information content (AvgIpc) is 2.71. The lowest BCUT2D eigenvalue weighted by molar-refractivity contribution is -0.153. The van der Waals surface area contributed by atoms with Crippen LogP contribution in [0.4, 0.5) is 18.0 Å². The summed E-state index contributed by atoms with van der Waals surface area (Å²) in [4.78, 5) is 34.3. The number of benzene rings is 1. The summed E-state index contributed by atoms with van der Waals surface area (Å²) in [6.07, 6.45) is -4.71. The van der Waals surface area contributed by atoms with Gasteiger partial charge in [-0.1, -0.05) is 11.6 Å². The zero-order chi connectivity index (χ0) is 24.1. The first-order valence-electron chi connectivity index (χ1n) is 9.47. The Morgan fingerprint density at radius 3 is 2.41 bits per heavy atom. The van der Waals surface area contributed by atoms with Crippen molar-refractivity contribution in [2.75, 3.05) is 26.2 Å². The highest BCUT2D eigenvalue weighted by Gasteiger charge is 2.37. The summed E-state index contributed by atoms with van der Waals surface area (Å²) in [7, 11) is -4.24. The molecule has 0 bridgehead atoms. The van der Waals surface area contributed by atoms with E-state index in [1.165, 1.54) is 0 Å². The van der Waals surface area contributed by atoms with E-state index in [1.807, 2.05) is 5.32 Å². The topological polar surface area (TPSA) is 122 Å². The molecule has 9 nitrogen and oxygen atoms in total. The summed E-state index contributed by atoms with van der Waals surface area (Å²) in [5, 5.41) is 3.67. The number of piperidine rings is 1. The fourth-order valence-corrected chi connectivity index (χ4v) is 4.71. The minimum absolute atomic E-state index is 0.0513. The molecule has 1 aliphatic heterocycles. The molecule has 2 N–H and O–H groups in total. The van der Waals surface area contributed by atoms with Crippen molar-refractivity contribution in [3.63, 3.8) is 0 Å². The van der Waals surface area contributed by atoms with Crippen LogP contribution in [0.15, 0.2) is 23.1 Å². The monoisotopic (exact) mass is 499 g/mol. The first-order valence-corrected chi connectivity index (χ1v) is 11.3. The molecule has 2 rings (SSSR count). The molecule has 0 saturated carbocycles. The summed E-state index contributed by atoms with van der Waals surface area (Å²) >= 11 is 5.54. The zero-order valence-corrected chi connectivity index (χ0v) is 18.4. The van der Waals surface area contributed by atoms with Crippen LogP contribution in [0.3, 0.4) is 0 Å². The summed E-state index contributed by atoms with van der Waals surface area (Å²) in [5.74, 6) is -2.26. The second-order valence-corrected chi connectivity index (χ2v) is 9.18. The van der Waals surface area contributed by atoms with Gasteiger partial charge in [0.2, 0.25) is 10.0 Å². The molecule has 0 spiro atoms. The van der Waals surface area contributed by atoms with Gasteiger partial charge in [-0.05, 0) is 38.0 Å². The molecule has 3 amide bonds. The third kappa shape index (κ3) is 6.56. The molecule has 1 saturated heterocycles. The zero-order valence-electron chi connectivity index (χ0n) is 16.9. The predicted molar refractivity (Wildman–Crippen MR) is 106 cm³/mol. The van der Waals surface area contributed by atoms with Crippen LogP contribution in [0, 0.1) is 5.92 Å². The number of ether oxygens (including phenoxy) is 1. The van der Waals surface area contributed by atoms with Crippen molar-refractivity contribution in [1.82, 2.24) is 14.9 Å². The number of imide groups is 1. The molecule has 0 aromatic heterocycles. The third-order valence-electron chi connectivity index (χ3n) is 4.60. The summed E-state index contributed by atoms with van der Waals surface area (Å²) in [6, 6.07) is 1.60. The van der Waals surface area contributed by atoms with Crippen molar-refractivity contribution in [2.24, 2.45) is 5.92 Å². The molecule has 32 heavy (non-hydrogen) atoms. The molecular formula is C18H21ClF3N3O6S. The lowest BCUT2D eigenvalue weighted by atomic mass is 9.98. The SMILES string of the molecule is CCNC(=O)NC(=O)COC(=O)C1CCN(S(=O)(=O)c2ccc(Cl)c(C(F)(F)F)c2)CC1. The maximum absolute atomic E-state index is 13.0. The Hall–Kier alpha value is -2.38. The Labute approximate surface area is 187 Å². The number of alkyl halides is 3. The molecule has 1 aromatic carbocycles. The van der Waals surface area contributed by atoms with Crippen LogP contribution >= 0.6 is 11.6 Å². The molecule has 178 valence electrons. The Morgan fingerprint density at radius 2 is 1.84 bits per heavy atom. The number of hydrogen-bond donors (Lipinski definition) is 2. The van der Waals surface area contributed by atoms with Gasteiger partial charge in [0.05, 0.1) is 21.4 Å². The van der Waals surface area contributed by atoms with Crippen molar-refractivity contribution < 1.29 is 40.7 Å². The first-order chi connectivity index (χ1) is 14.9. The number of sulfonamides is 1. The summed E-state index contributed by atoms with van der Waals surface area (Å²) in [5.41, 5.74) is -1.26. The average molecular weight is 500 g/mol. The van der Waals surface area contributed by atoms with Crippen molar-refractivity contribution >= 4 is 39.5 Å². The van der Waals surface area contributed by atoms with E-state index < -0.39 is 62.1 Å². The minimum Gasteiger partial charge on any atom is -0.455 e. The van der Waals surface area contributed by atoms with Gasteiger partial charge in [-0.3, -0.25) is 14.9 Å². The molecule has 0 unspecified atom stereocenters. The largest absolute Gasteiger partial charge is 0.455 e. The van der Waals surface area contributed by atoms with Crippen molar-refractivity contribution in [3.05, 3.63) is 28.8 Å². The first kappa shape index (κ1) is 25.9. The maximum atomic E-state index is 13.0. The lowest BCUT2D eigenvalue weighted by Gasteiger charge is -2.30.